The Hall–Kier alpha value is -0.780. The van der Waals surface area contributed by atoms with Crippen molar-refractivity contribution in [2.45, 2.75) is 19.3 Å². The van der Waals surface area contributed by atoms with Gasteiger partial charge in [-0.1, -0.05) is 11.6 Å². The number of nitrogens with zero attached hydrogens (tertiary/aromatic N) is 2. The molecule has 0 aliphatic carbocycles. The van der Waals surface area contributed by atoms with E-state index in [1.54, 1.807) is 0 Å². The minimum atomic E-state index is -0.00859. The minimum Gasteiger partial charge on any atom is -0.324 e. The third kappa shape index (κ3) is 3.52. The molecule has 0 spiro atoms. The first-order valence-electron chi connectivity index (χ1n) is 7.61. The third-order valence-electron chi connectivity index (χ3n) is 4.80. The van der Waals surface area contributed by atoms with E-state index in [-0.39, 0.29) is 6.03 Å². The van der Waals surface area contributed by atoms with E-state index in [0.717, 1.165) is 31.1 Å². The lowest BCUT2D eigenvalue weighted by atomic mass is 9.84. The molecule has 1 atom stereocenters. The molecule has 116 valence electrons. The molecular weight excluding hydrogens is 306 g/mol. The number of rotatable bonds is 2. The number of hydrogen-bond acceptors (Lipinski definition) is 3. The predicted molar refractivity (Wildman–Crippen MR) is 88.2 cm³/mol. The highest BCUT2D eigenvalue weighted by Gasteiger charge is 2.33. The maximum absolute atomic E-state index is 12.3. The predicted octanol–water partition coefficient (Wildman–Crippen LogP) is 3.60. The second kappa shape index (κ2) is 6.55. The first kappa shape index (κ1) is 15.1. The summed E-state index contributed by atoms with van der Waals surface area (Å²) in [6.07, 6.45) is 3.68. The number of halogens is 1. The van der Waals surface area contributed by atoms with Crippen LogP contribution in [0.2, 0.25) is 4.34 Å². The number of urea groups is 1. The molecule has 0 aromatic carbocycles. The molecule has 0 bridgehead atoms. The van der Waals surface area contributed by atoms with Gasteiger partial charge in [-0.25, -0.2) is 4.79 Å². The lowest BCUT2D eigenvalue weighted by Gasteiger charge is -2.32. The molecule has 2 aliphatic rings. The number of amides is 2. The summed E-state index contributed by atoms with van der Waals surface area (Å²) in [6.45, 7) is 4.14. The first-order valence-corrected chi connectivity index (χ1v) is 8.86. The second-order valence-corrected chi connectivity index (χ2v) is 7.69. The Morgan fingerprint density at radius 1 is 1.29 bits per heavy atom. The Labute approximate surface area is 135 Å². The van der Waals surface area contributed by atoms with Crippen LogP contribution >= 0.6 is 22.9 Å². The van der Waals surface area contributed by atoms with Crippen LogP contribution in [0, 0.1) is 11.8 Å². The van der Waals surface area contributed by atoms with Crippen molar-refractivity contribution in [3.63, 3.8) is 0 Å². The summed E-state index contributed by atoms with van der Waals surface area (Å²) in [7, 11) is 2.19. The monoisotopic (exact) mass is 327 g/mol. The average Bonchev–Trinajstić information content (AvgIpc) is 3.10. The second-order valence-electron chi connectivity index (χ2n) is 6.17. The topological polar surface area (TPSA) is 35.6 Å². The number of piperidine rings is 1. The zero-order chi connectivity index (χ0) is 14.8. The molecule has 21 heavy (non-hydrogen) atoms. The molecule has 0 radical (unpaired) electrons. The smallest absolute Gasteiger partial charge is 0.321 e. The standard InChI is InChI=1S/C15H22ClN3OS/c1-18-6-2-11(3-7-18)12-4-8-19(10-12)15(20)17-13-5-9-21-14(13)16/h5,9,11-12H,2-4,6-8,10H2,1H3,(H,17,20). The Morgan fingerprint density at radius 3 is 2.67 bits per heavy atom. The van der Waals surface area contributed by atoms with Crippen molar-refractivity contribution < 1.29 is 4.79 Å². The van der Waals surface area contributed by atoms with Crippen molar-refractivity contribution in [1.29, 1.82) is 0 Å². The van der Waals surface area contributed by atoms with Crippen molar-refractivity contribution in [3.05, 3.63) is 15.8 Å². The van der Waals surface area contributed by atoms with E-state index in [1.165, 1.54) is 37.3 Å². The molecule has 3 rings (SSSR count). The fourth-order valence-corrected chi connectivity index (χ4v) is 4.27. The molecule has 1 aromatic rings. The largest absolute Gasteiger partial charge is 0.324 e. The van der Waals surface area contributed by atoms with Gasteiger partial charge in [0.1, 0.15) is 4.34 Å². The van der Waals surface area contributed by atoms with Crippen molar-refractivity contribution >= 4 is 34.7 Å². The van der Waals surface area contributed by atoms with Crippen LogP contribution in [0.4, 0.5) is 10.5 Å². The van der Waals surface area contributed by atoms with Crippen LogP contribution in [0.1, 0.15) is 19.3 Å². The van der Waals surface area contributed by atoms with Gasteiger partial charge in [0.25, 0.3) is 0 Å². The van der Waals surface area contributed by atoms with Crippen LogP contribution < -0.4 is 5.32 Å². The zero-order valence-electron chi connectivity index (χ0n) is 12.3. The highest BCUT2D eigenvalue weighted by Crippen LogP contribution is 2.32. The van der Waals surface area contributed by atoms with Gasteiger partial charge < -0.3 is 15.1 Å². The SMILES string of the molecule is CN1CCC(C2CCN(C(=O)Nc3ccsc3Cl)C2)CC1. The van der Waals surface area contributed by atoms with Gasteiger partial charge in [0.2, 0.25) is 0 Å². The maximum atomic E-state index is 12.3. The Balaban J connectivity index is 1.52. The van der Waals surface area contributed by atoms with E-state index in [1.807, 2.05) is 16.3 Å². The van der Waals surface area contributed by atoms with Crippen molar-refractivity contribution in [1.82, 2.24) is 9.80 Å². The normalized spacial score (nSPS) is 24.5. The van der Waals surface area contributed by atoms with Crippen LogP contribution in [-0.4, -0.2) is 49.1 Å². The lowest BCUT2D eigenvalue weighted by Crippen LogP contribution is -2.36. The van der Waals surface area contributed by atoms with Crippen molar-refractivity contribution in [2.75, 3.05) is 38.5 Å². The number of thiophene rings is 1. The summed E-state index contributed by atoms with van der Waals surface area (Å²) in [6, 6.07) is 1.85. The van der Waals surface area contributed by atoms with E-state index < -0.39 is 0 Å². The molecule has 1 N–H and O–H groups in total. The molecule has 1 unspecified atom stereocenters. The maximum Gasteiger partial charge on any atom is 0.321 e. The lowest BCUT2D eigenvalue weighted by molar-refractivity contribution is 0.170. The molecule has 2 saturated heterocycles. The highest BCUT2D eigenvalue weighted by atomic mass is 35.5. The first-order chi connectivity index (χ1) is 10.1. The molecule has 6 heteroatoms. The molecule has 2 aliphatic heterocycles. The van der Waals surface area contributed by atoms with Crippen LogP contribution in [0.25, 0.3) is 0 Å². The quantitative estimate of drug-likeness (QED) is 0.901. The number of likely N-dealkylation sites (tertiary alicyclic amines) is 2. The fraction of sp³-hybridized carbons (Fsp3) is 0.667. The summed E-state index contributed by atoms with van der Waals surface area (Å²) < 4.78 is 0.648. The van der Waals surface area contributed by atoms with Gasteiger partial charge in [0, 0.05) is 13.1 Å². The van der Waals surface area contributed by atoms with Gasteiger partial charge in [-0.05, 0) is 62.7 Å². The van der Waals surface area contributed by atoms with Gasteiger partial charge in [-0.3, -0.25) is 0 Å². The minimum absolute atomic E-state index is 0.00859. The zero-order valence-corrected chi connectivity index (χ0v) is 13.9. The van der Waals surface area contributed by atoms with E-state index in [4.69, 9.17) is 11.6 Å². The summed E-state index contributed by atoms with van der Waals surface area (Å²) in [5, 5.41) is 4.81. The fourth-order valence-electron chi connectivity index (χ4n) is 3.43. The van der Waals surface area contributed by atoms with Gasteiger partial charge in [-0.15, -0.1) is 11.3 Å². The van der Waals surface area contributed by atoms with Crippen LogP contribution in [0.15, 0.2) is 11.4 Å². The van der Waals surface area contributed by atoms with Crippen molar-refractivity contribution in [2.24, 2.45) is 11.8 Å². The number of carbonyl (C=O) groups excluding carboxylic acids is 1. The van der Waals surface area contributed by atoms with Crippen LogP contribution in [0.3, 0.4) is 0 Å². The van der Waals surface area contributed by atoms with Crippen molar-refractivity contribution in [3.8, 4) is 0 Å². The summed E-state index contributed by atoms with van der Waals surface area (Å²) in [4.78, 5) is 16.6. The molecule has 3 heterocycles. The van der Waals surface area contributed by atoms with Crippen LogP contribution in [-0.2, 0) is 0 Å². The molecule has 0 saturated carbocycles. The van der Waals surface area contributed by atoms with E-state index >= 15 is 0 Å². The van der Waals surface area contributed by atoms with E-state index in [0.29, 0.717) is 10.3 Å². The Kier molecular flexibility index (Phi) is 4.72. The van der Waals surface area contributed by atoms with Gasteiger partial charge >= 0.3 is 6.03 Å². The number of hydrogen-bond donors (Lipinski definition) is 1. The summed E-state index contributed by atoms with van der Waals surface area (Å²) in [5.74, 6) is 1.45. The molecule has 2 fully saturated rings. The molecule has 2 amide bonds. The average molecular weight is 328 g/mol. The molecule has 1 aromatic heterocycles. The number of nitrogens with one attached hydrogen (secondary N) is 1. The van der Waals surface area contributed by atoms with E-state index in [9.17, 15) is 4.79 Å². The van der Waals surface area contributed by atoms with Gasteiger partial charge in [0.15, 0.2) is 0 Å². The number of anilines is 1. The highest BCUT2D eigenvalue weighted by molar-refractivity contribution is 7.15. The van der Waals surface area contributed by atoms with Crippen LogP contribution in [0.5, 0.6) is 0 Å². The molecule has 4 nitrogen and oxygen atoms in total. The third-order valence-corrected chi connectivity index (χ3v) is 5.97. The Bertz CT molecular complexity index is 499. The summed E-state index contributed by atoms with van der Waals surface area (Å²) in [5.41, 5.74) is 0.731. The van der Waals surface area contributed by atoms with Gasteiger partial charge in [-0.2, -0.15) is 0 Å². The number of carbonyl (C=O) groups is 1. The summed E-state index contributed by atoms with van der Waals surface area (Å²) >= 11 is 7.48. The van der Waals surface area contributed by atoms with Gasteiger partial charge in [0.05, 0.1) is 5.69 Å². The Morgan fingerprint density at radius 2 is 2.00 bits per heavy atom. The molecular formula is C15H22ClN3OS. The van der Waals surface area contributed by atoms with E-state index in [2.05, 4.69) is 17.3 Å².